The highest BCUT2D eigenvalue weighted by molar-refractivity contribution is 7.51. The Bertz CT molecular complexity index is 290. The van der Waals surface area contributed by atoms with Gasteiger partial charge in [-0.1, -0.05) is 0 Å². The van der Waals surface area contributed by atoms with Gasteiger partial charge in [0.15, 0.2) is 0 Å². The molecule has 108 valence electrons. The monoisotopic (exact) mass is 281 g/mol. The first-order valence-corrected chi connectivity index (χ1v) is 7.60. The predicted octanol–water partition coefficient (Wildman–Crippen LogP) is 2.49. The largest absolute Gasteiger partial charge is 0.462 e. The van der Waals surface area contributed by atoms with Crippen LogP contribution in [0.2, 0.25) is 0 Å². The van der Waals surface area contributed by atoms with E-state index in [4.69, 9.17) is 13.8 Å². The van der Waals surface area contributed by atoms with E-state index in [9.17, 15) is 9.36 Å². The van der Waals surface area contributed by atoms with Crippen LogP contribution in [0.25, 0.3) is 0 Å². The maximum absolute atomic E-state index is 12.3. The van der Waals surface area contributed by atoms with Crippen molar-refractivity contribution in [3.8, 4) is 0 Å². The average molecular weight is 281 g/mol. The van der Waals surface area contributed by atoms with Crippen LogP contribution >= 0.6 is 7.75 Å². The minimum Gasteiger partial charge on any atom is -0.462 e. The van der Waals surface area contributed by atoms with Crippen molar-refractivity contribution in [3.05, 3.63) is 0 Å². The molecule has 0 atom stereocenters. The van der Waals surface area contributed by atoms with Gasteiger partial charge >= 0.3 is 13.7 Å². The van der Waals surface area contributed by atoms with E-state index in [1.54, 1.807) is 41.5 Å². The SMILES string of the molecule is CC(C)OC(=O)CNP(=O)(OC(C)C)OC(C)C. The summed E-state index contributed by atoms with van der Waals surface area (Å²) < 4.78 is 27.6. The highest BCUT2D eigenvalue weighted by atomic mass is 31.2. The Morgan fingerprint density at radius 3 is 1.78 bits per heavy atom. The van der Waals surface area contributed by atoms with Crippen LogP contribution in [0.1, 0.15) is 41.5 Å². The Morgan fingerprint density at radius 2 is 1.44 bits per heavy atom. The van der Waals surface area contributed by atoms with E-state index in [-0.39, 0.29) is 24.9 Å². The van der Waals surface area contributed by atoms with E-state index in [0.29, 0.717) is 0 Å². The summed E-state index contributed by atoms with van der Waals surface area (Å²) in [6.07, 6.45) is -0.762. The molecule has 0 aromatic carbocycles. The second kappa shape index (κ2) is 7.89. The van der Waals surface area contributed by atoms with E-state index in [0.717, 1.165) is 0 Å². The number of nitrogens with one attached hydrogen (secondary N) is 1. The fraction of sp³-hybridized carbons (Fsp3) is 0.909. The van der Waals surface area contributed by atoms with Crippen LogP contribution in [0.5, 0.6) is 0 Å². The van der Waals surface area contributed by atoms with Crippen molar-refractivity contribution < 1.29 is 23.1 Å². The summed E-state index contributed by atoms with van der Waals surface area (Å²) in [6, 6.07) is 0. The molecular weight excluding hydrogens is 257 g/mol. The number of carbonyl (C=O) groups is 1. The van der Waals surface area contributed by atoms with E-state index >= 15 is 0 Å². The van der Waals surface area contributed by atoms with Crippen LogP contribution < -0.4 is 5.09 Å². The summed E-state index contributed by atoms with van der Waals surface area (Å²) in [6.45, 7) is 10.2. The van der Waals surface area contributed by atoms with Crippen LogP contribution in [0.15, 0.2) is 0 Å². The summed E-state index contributed by atoms with van der Waals surface area (Å²) in [7, 11) is -3.48. The normalized spacial score (nSPS) is 12.5. The molecule has 1 N–H and O–H groups in total. The molecule has 0 aromatic heterocycles. The molecule has 0 unspecified atom stereocenters. The zero-order valence-electron chi connectivity index (χ0n) is 11.9. The van der Waals surface area contributed by atoms with Gasteiger partial charge in [0.2, 0.25) is 0 Å². The van der Waals surface area contributed by atoms with E-state index < -0.39 is 13.7 Å². The van der Waals surface area contributed by atoms with Gasteiger partial charge in [-0.05, 0) is 41.5 Å². The average Bonchev–Trinajstić information content (AvgIpc) is 2.11. The zero-order valence-corrected chi connectivity index (χ0v) is 12.8. The molecule has 0 aliphatic heterocycles. The molecule has 0 saturated heterocycles. The molecule has 0 saturated carbocycles. The molecule has 0 aliphatic carbocycles. The zero-order chi connectivity index (χ0) is 14.3. The Kier molecular flexibility index (Phi) is 7.71. The molecule has 6 nitrogen and oxygen atoms in total. The van der Waals surface area contributed by atoms with Crippen LogP contribution in [0, 0.1) is 0 Å². The number of hydrogen-bond donors (Lipinski definition) is 1. The molecule has 0 radical (unpaired) electrons. The lowest BCUT2D eigenvalue weighted by Crippen LogP contribution is -2.28. The number of ether oxygens (including phenoxy) is 1. The van der Waals surface area contributed by atoms with Gasteiger partial charge in [0, 0.05) is 0 Å². The topological polar surface area (TPSA) is 73.9 Å². The molecule has 0 fully saturated rings. The summed E-state index contributed by atoms with van der Waals surface area (Å²) >= 11 is 0. The molecule has 0 bridgehead atoms. The van der Waals surface area contributed by atoms with Gasteiger partial charge in [-0.25, -0.2) is 9.65 Å². The third-order valence-electron chi connectivity index (χ3n) is 1.48. The standard InChI is InChI=1S/C11H24NO5P/c1-8(2)15-11(13)7-12-18(14,16-9(3)4)17-10(5)6/h8-10H,7H2,1-6H3,(H,12,14). The predicted molar refractivity (Wildman–Crippen MR) is 69.3 cm³/mol. The van der Waals surface area contributed by atoms with Gasteiger partial charge in [-0.3, -0.25) is 13.8 Å². The van der Waals surface area contributed by atoms with Crippen molar-refractivity contribution in [1.29, 1.82) is 0 Å². The van der Waals surface area contributed by atoms with E-state index in [2.05, 4.69) is 5.09 Å². The fourth-order valence-electron chi connectivity index (χ4n) is 1.12. The van der Waals surface area contributed by atoms with Crippen molar-refractivity contribution in [2.45, 2.75) is 59.9 Å². The lowest BCUT2D eigenvalue weighted by Gasteiger charge is -2.22. The minimum atomic E-state index is -3.48. The highest BCUT2D eigenvalue weighted by Gasteiger charge is 2.28. The van der Waals surface area contributed by atoms with Crippen LogP contribution in [-0.2, 0) is 23.1 Å². The molecule has 18 heavy (non-hydrogen) atoms. The quantitative estimate of drug-likeness (QED) is 0.544. The molecule has 0 heterocycles. The van der Waals surface area contributed by atoms with Crippen molar-refractivity contribution in [2.24, 2.45) is 0 Å². The Balaban J connectivity index is 4.42. The molecular formula is C11H24NO5P. The maximum Gasteiger partial charge on any atom is 0.406 e. The van der Waals surface area contributed by atoms with Crippen LogP contribution in [0.4, 0.5) is 0 Å². The van der Waals surface area contributed by atoms with Crippen LogP contribution in [0.3, 0.4) is 0 Å². The number of rotatable bonds is 8. The van der Waals surface area contributed by atoms with Crippen molar-refractivity contribution in [2.75, 3.05) is 6.54 Å². The molecule has 0 aromatic rings. The first kappa shape index (κ1) is 17.6. The van der Waals surface area contributed by atoms with Gasteiger partial charge in [0.25, 0.3) is 0 Å². The van der Waals surface area contributed by atoms with Gasteiger partial charge in [-0.2, -0.15) is 0 Å². The second-order valence-electron chi connectivity index (χ2n) is 4.68. The smallest absolute Gasteiger partial charge is 0.406 e. The Labute approximate surface area is 109 Å². The number of hydrogen-bond acceptors (Lipinski definition) is 5. The van der Waals surface area contributed by atoms with E-state index in [1.807, 2.05) is 0 Å². The highest BCUT2D eigenvalue weighted by Crippen LogP contribution is 2.45. The molecule has 0 amide bonds. The van der Waals surface area contributed by atoms with Gasteiger partial charge < -0.3 is 4.74 Å². The summed E-state index contributed by atoms with van der Waals surface area (Å²) in [5, 5.41) is 2.50. The number of esters is 1. The van der Waals surface area contributed by atoms with Gasteiger partial charge in [0.1, 0.15) is 6.54 Å². The van der Waals surface area contributed by atoms with Gasteiger partial charge in [-0.15, -0.1) is 0 Å². The lowest BCUT2D eigenvalue weighted by molar-refractivity contribution is -0.146. The number of carbonyl (C=O) groups excluding carboxylic acids is 1. The van der Waals surface area contributed by atoms with Crippen molar-refractivity contribution >= 4 is 13.7 Å². The first-order valence-electron chi connectivity index (χ1n) is 6.06. The van der Waals surface area contributed by atoms with Crippen molar-refractivity contribution in [3.63, 3.8) is 0 Å². The summed E-state index contributed by atoms with van der Waals surface area (Å²) in [5.41, 5.74) is 0. The summed E-state index contributed by atoms with van der Waals surface area (Å²) in [5.74, 6) is -0.495. The maximum atomic E-state index is 12.3. The Morgan fingerprint density at radius 1 is 1.00 bits per heavy atom. The minimum absolute atomic E-state index is 0.212. The third kappa shape index (κ3) is 8.64. The molecule has 0 rings (SSSR count). The van der Waals surface area contributed by atoms with Crippen molar-refractivity contribution in [1.82, 2.24) is 5.09 Å². The molecule has 7 heteroatoms. The van der Waals surface area contributed by atoms with Gasteiger partial charge in [0.05, 0.1) is 18.3 Å². The summed E-state index contributed by atoms with van der Waals surface area (Å²) in [4.78, 5) is 11.4. The molecule has 0 aliphatic rings. The van der Waals surface area contributed by atoms with Crippen LogP contribution in [-0.4, -0.2) is 30.8 Å². The van der Waals surface area contributed by atoms with E-state index in [1.165, 1.54) is 0 Å². The third-order valence-corrected chi connectivity index (χ3v) is 3.43. The lowest BCUT2D eigenvalue weighted by atomic mass is 10.5. The Hall–Kier alpha value is -0.420. The fourth-order valence-corrected chi connectivity index (χ4v) is 2.75. The molecule has 0 spiro atoms. The second-order valence-corrected chi connectivity index (χ2v) is 6.41. The first-order chi connectivity index (χ1) is 8.14.